The summed E-state index contributed by atoms with van der Waals surface area (Å²) < 4.78 is 0. The molecule has 98 valence electrons. The van der Waals surface area contributed by atoms with Crippen LogP contribution in [-0.4, -0.2) is 46.7 Å². The van der Waals surface area contributed by atoms with Crippen LogP contribution in [0.2, 0.25) is 0 Å². The molecule has 5 nitrogen and oxygen atoms in total. The van der Waals surface area contributed by atoms with E-state index in [9.17, 15) is 4.79 Å². The summed E-state index contributed by atoms with van der Waals surface area (Å²) >= 11 is 0. The Morgan fingerprint density at radius 2 is 2.39 bits per heavy atom. The molecule has 0 aliphatic carbocycles. The van der Waals surface area contributed by atoms with Crippen LogP contribution < -0.4 is 5.32 Å². The van der Waals surface area contributed by atoms with Crippen LogP contribution in [0.3, 0.4) is 0 Å². The first-order chi connectivity index (χ1) is 8.72. The maximum Gasteiger partial charge on any atom is 0.257 e. The molecular weight excluding hydrogens is 228 g/mol. The number of hydrogen-bond acceptors (Lipinski definition) is 3. The topological polar surface area (TPSA) is 61.0 Å². The molecule has 18 heavy (non-hydrogen) atoms. The maximum absolute atomic E-state index is 12.6. The van der Waals surface area contributed by atoms with E-state index >= 15 is 0 Å². The van der Waals surface area contributed by atoms with Crippen molar-refractivity contribution in [2.45, 2.75) is 26.3 Å². The number of aromatic nitrogens is 2. The minimum atomic E-state index is 0.141. The first-order valence-corrected chi connectivity index (χ1v) is 6.74. The van der Waals surface area contributed by atoms with Crippen molar-refractivity contribution in [3.05, 3.63) is 17.5 Å². The summed E-state index contributed by atoms with van der Waals surface area (Å²) in [6.07, 6.45) is 2.68. The van der Waals surface area contributed by atoms with Gasteiger partial charge in [-0.2, -0.15) is 5.10 Å². The van der Waals surface area contributed by atoms with Crippen molar-refractivity contribution in [2.24, 2.45) is 11.8 Å². The molecular formula is C13H20N4O. The van der Waals surface area contributed by atoms with Crippen LogP contribution in [0.15, 0.2) is 6.20 Å². The van der Waals surface area contributed by atoms with E-state index in [1.165, 1.54) is 0 Å². The fourth-order valence-electron chi connectivity index (χ4n) is 3.50. The van der Waals surface area contributed by atoms with Gasteiger partial charge in [0.1, 0.15) is 0 Å². The maximum atomic E-state index is 12.6. The van der Waals surface area contributed by atoms with E-state index in [1.807, 2.05) is 6.92 Å². The van der Waals surface area contributed by atoms with Crippen LogP contribution in [-0.2, 0) is 0 Å². The zero-order valence-electron chi connectivity index (χ0n) is 10.9. The number of amides is 1. The molecule has 0 spiro atoms. The Morgan fingerprint density at radius 3 is 3.06 bits per heavy atom. The summed E-state index contributed by atoms with van der Waals surface area (Å²) in [5.41, 5.74) is 1.59. The normalized spacial score (nSPS) is 30.8. The third kappa shape index (κ3) is 1.65. The molecule has 2 saturated heterocycles. The fourth-order valence-corrected chi connectivity index (χ4v) is 3.50. The molecule has 1 aromatic rings. The minimum absolute atomic E-state index is 0.141. The Hall–Kier alpha value is -1.36. The summed E-state index contributed by atoms with van der Waals surface area (Å²) in [5.74, 6) is 1.40. The molecule has 2 fully saturated rings. The second-order valence-electron chi connectivity index (χ2n) is 5.42. The number of aryl methyl sites for hydroxylation is 1. The van der Waals surface area contributed by atoms with Gasteiger partial charge in [0.15, 0.2) is 0 Å². The molecule has 1 amide bonds. The van der Waals surface area contributed by atoms with Gasteiger partial charge in [0.05, 0.1) is 11.8 Å². The van der Waals surface area contributed by atoms with E-state index in [0.29, 0.717) is 17.9 Å². The predicted octanol–water partition coefficient (Wildman–Crippen LogP) is 0.788. The quantitative estimate of drug-likeness (QED) is 0.813. The molecule has 3 atom stereocenters. The second-order valence-corrected chi connectivity index (χ2v) is 5.42. The van der Waals surface area contributed by atoms with Crippen molar-refractivity contribution in [3.63, 3.8) is 0 Å². The van der Waals surface area contributed by atoms with Gasteiger partial charge >= 0.3 is 0 Å². The van der Waals surface area contributed by atoms with Crippen LogP contribution in [0, 0.1) is 18.8 Å². The summed E-state index contributed by atoms with van der Waals surface area (Å²) in [6.45, 7) is 7.07. The van der Waals surface area contributed by atoms with Gasteiger partial charge in [-0.15, -0.1) is 0 Å². The molecule has 0 bridgehead atoms. The fraction of sp³-hybridized carbons (Fsp3) is 0.692. The Morgan fingerprint density at radius 1 is 1.56 bits per heavy atom. The smallest absolute Gasteiger partial charge is 0.257 e. The van der Waals surface area contributed by atoms with Crippen LogP contribution in [0.1, 0.15) is 29.4 Å². The van der Waals surface area contributed by atoms with Crippen molar-refractivity contribution in [1.82, 2.24) is 20.4 Å². The summed E-state index contributed by atoms with van der Waals surface area (Å²) in [5, 5.41) is 10.2. The Balaban J connectivity index is 1.84. The standard InChI is InChI=1S/C13H20N4O/c1-3-12-11-5-14-4-9(11)7-17(12)13(18)10-6-15-16-8(10)2/h6,9,11-12,14H,3-5,7H2,1-2H3,(H,15,16). The van der Waals surface area contributed by atoms with Gasteiger partial charge in [-0.25, -0.2) is 0 Å². The van der Waals surface area contributed by atoms with E-state index < -0.39 is 0 Å². The Bertz CT molecular complexity index is 456. The number of hydrogen-bond donors (Lipinski definition) is 2. The lowest BCUT2D eigenvalue weighted by molar-refractivity contribution is 0.0711. The number of likely N-dealkylation sites (tertiary alicyclic amines) is 1. The molecule has 1 aromatic heterocycles. The summed E-state index contributed by atoms with van der Waals surface area (Å²) in [6, 6.07) is 0.381. The van der Waals surface area contributed by atoms with Gasteiger partial charge in [0, 0.05) is 31.4 Å². The SMILES string of the molecule is CCC1C2CNCC2CN1C(=O)c1cn[nH]c1C. The van der Waals surface area contributed by atoms with Crippen molar-refractivity contribution in [2.75, 3.05) is 19.6 Å². The molecule has 3 heterocycles. The lowest BCUT2D eigenvalue weighted by Crippen LogP contribution is -2.39. The van der Waals surface area contributed by atoms with Crippen molar-refractivity contribution in [3.8, 4) is 0 Å². The lowest BCUT2D eigenvalue weighted by atomic mass is 9.93. The largest absolute Gasteiger partial charge is 0.335 e. The molecule has 2 aliphatic heterocycles. The highest BCUT2D eigenvalue weighted by Gasteiger charge is 2.45. The number of carbonyl (C=O) groups excluding carboxylic acids is 1. The molecule has 3 unspecified atom stereocenters. The predicted molar refractivity (Wildman–Crippen MR) is 68.3 cm³/mol. The number of nitrogens with zero attached hydrogens (tertiary/aromatic N) is 2. The van der Waals surface area contributed by atoms with Crippen LogP contribution in [0.5, 0.6) is 0 Å². The number of aromatic amines is 1. The highest BCUT2D eigenvalue weighted by Crippen LogP contribution is 2.35. The molecule has 0 aromatic carbocycles. The highest BCUT2D eigenvalue weighted by molar-refractivity contribution is 5.95. The second kappa shape index (κ2) is 4.39. The van der Waals surface area contributed by atoms with Crippen molar-refractivity contribution >= 4 is 5.91 Å². The van der Waals surface area contributed by atoms with Gasteiger partial charge in [-0.3, -0.25) is 9.89 Å². The third-order valence-electron chi connectivity index (χ3n) is 4.46. The summed E-state index contributed by atoms with van der Waals surface area (Å²) in [7, 11) is 0. The van der Waals surface area contributed by atoms with E-state index in [1.54, 1.807) is 6.20 Å². The number of nitrogens with one attached hydrogen (secondary N) is 2. The number of fused-ring (bicyclic) bond motifs is 1. The number of rotatable bonds is 2. The van der Waals surface area contributed by atoms with Gasteiger partial charge in [0.25, 0.3) is 5.91 Å². The lowest BCUT2D eigenvalue weighted by Gasteiger charge is -2.26. The molecule has 0 radical (unpaired) electrons. The van der Waals surface area contributed by atoms with Gasteiger partial charge in [-0.05, 0) is 25.2 Å². The molecule has 0 saturated carbocycles. The van der Waals surface area contributed by atoms with Gasteiger partial charge in [0.2, 0.25) is 0 Å². The Labute approximate surface area is 107 Å². The molecule has 2 aliphatic rings. The Kier molecular flexibility index (Phi) is 2.86. The first-order valence-electron chi connectivity index (χ1n) is 6.74. The van der Waals surface area contributed by atoms with Gasteiger partial charge < -0.3 is 10.2 Å². The van der Waals surface area contributed by atoms with Gasteiger partial charge in [-0.1, -0.05) is 6.92 Å². The minimum Gasteiger partial charge on any atom is -0.335 e. The first kappa shape index (κ1) is 11.7. The van der Waals surface area contributed by atoms with Crippen molar-refractivity contribution < 1.29 is 4.79 Å². The summed E-state index contributed by atoms with van der Waals surface area (Å²) in [4.78, 5) is 14.6. The zero-order valence-corrected chi connectivity index (χ0v) is 10.9. The molecule has 3 rings (SSSR count). The molecule has 5 heteroatoms. The average molecular weight is 248 g/mol. The van der Waals surface area contributed by atoms with E-state index in [2.05, 4.69) is 27.3 Å². The number of H-pyrrole nitrogens is 1. The number of carbonyl (C=O) groups is 1. The molecule has 2 N–H and O–H groups in total. The van der Waals surface area contributed by atoms with Crippen LogP contribution in [0.4, 0.5) is 0 Å². The monoisotopic (exact) mass is 248 g/mol. The van der Waals surface area contributed by atoms with E-state index in [0.717, 1.165) is 37.3 Å². The van der Waals surface area contributed by atoms with E-state index in [-0.39, 0.29) is 5.91 Å². The van der Waals surface area contributed by atoms with Crippen LogP contribution >= 0.6 is 0 Å². The average Bonchev–Trinajstić information content (AvgIpc) is 3.01. The zero-order chi connectivity index (χ0) is 12.7. The van der Waals surface area contributed by atoms with Crippen LogP contribution in [0.25, 0.3) is 0 Å². The van der Waals surface area contributed by atoms with Crippen molar-refractivity contribution in [1.29, 1.82) is 0 Å². The third-order valence-corrected chi connectivity index (χ3v) is 4.46. The van der Waals surface area contributed by atoms with E-state index in [4.69, 9.17) is 0 Å². The highest BCUT2D eigenvalue weighted by atomic mass is 16.2.